The number of ether oxygens (including phenoxy) is 2. The van der Waals surface area contributed by atoms with Crippen molar-refractivity contribution in [2.24, 2.45) is 11.8 Å². The number of esters is 2. The van der Waals surface area contributed by atoms with Gasteiger partial charge in [-0.2, -0.15) is 0 Å². The van der Waals surface area contributed by atoms with Gasteiger partial charge in [0.05, 0.1) is 11.8 Å². The van der Waals surface area contributed by atoms with Crippen LogP contribution < -0.4 is 0 Å². The summed E-state index contributed by atoms with van der Waals surface area (Å²) in [5.41, 5.74) is 0.140. The van der Waals surface area contributed by atoms with E-state index >= 15 is 0 Å². The highest BCUT2D eigenvalue weighted by Crippen LogP contribution is 2.51. The first-order valence-corrected chi connectivity index (χ1v) is 8.83. The van der Waals surface area contributed by atoms with Crippen LogP contribution in [0.25, 0.3) is 0 Å². The van der Waals surface area contributed by atoms with Crippen LogP contribution in [-0.2, 0) is 23.9 Å². The predicted octanol–water partition coefficient (Wildman–Crippen LogP) is 2.02. The van der Waals surface area contributed by atoms with E-state index in [0.717, 1.165) is 0 Å². The summed E-state index contributed by atoms with van der Waals surface area (Å²) in [6.07, 6.45) is 1.70. The van der Waals surface area contributed by atoms with Crippen LogP contribution in [0.15, 0.2) is 34.4 Å². The molecule has 0 aromatic rings. The van der Waals surface area contributed by atoms with Crippen molar-refractivity contribution >= 4 is 17.7 Å². The van der Waals surface area contributed by atoms with Crippen molar-refractivity contribution in [3.8, 4) is 0 Å². The van der Waals surface area contributed by atoms with Crippen LogP contribution in [0.4, 0.5) is 0 Å². The first-order valence-electron chi connectivity index (χ1n) is 8.83. The van der Waals surface area contributed by atoms with E-state index in [4.69, 9.17) is 9.47 Å². The van der Waals surface area contributed by atoms with Crippen molar-refractivity contribution in [2.75, 3.05) is 0 Å². The third-order valence-electron chi connectivity index (χ3n) is 5.91. The molecule has 5 atom stereocenters. The summed E-state index contributed by atoms with van der Waals surface area (Å²) in [4.78, 5) is 37.1. The van der Waals surface area contributed by atoms with E-state index in [1.807, 2.05) is 0 Å². The topological polar surface area (TPSA) is 89.9 Å². The van der Waals surface area contributed by atoms with Crippen LogP contribution >= 0.6 is 0 Å². The quantitative estimate of drug-likeness (QED) is 0.599. The number of ketones is 1. The van der Waals surface area contributed by atoms with E-state index < -0.39 is 41.6 Å². The number of hydrogen-bond donors (Lipinski definition) is 1. The SMILES string of the molecule is CC=C(C)C(=O)OC1CC(C)=C2C(=O)C=C(C)C2(O)C2OC(=O)C(C)C12. The molecule has 3 aliphatic rings. The van der Waals surface area contributed by atoms with Gasteiger partial charge in [-0.3, -0.25) is 9.59 Å². The van der Waals surface area contributed by atoms with Crippen molar-refractivity contribution < 1.29 is 29.0 Å². The molecular formula is C20H24O6. The molecule has 0 radical (unpaired) electrons. The third kappa shape index (κ3) is 2.47. The average Bonchev–Trinajstić information content (AvgIpc) is 2.96. The van der Waals surface area contributed by atoms with Crippen molar-refractivity contribution in [2.45, 2.75) is 58.8 Å². The smallest absolute Gasteiger partial charge is 0.333 e. The summed E-state index contributed by atoms with van der Waals surface area (Å²) in [5.74, 6) is -2.30. The molecule has 0 aromatic carbocycles. The van der Waals surface area contributed by atoms with Gasteiger partial charge < -0.3 is 14.6 Å². The normalized spacial score (nSPS) is 37.0. The molecule has 0 bridgehead atoms. The lowest BCUT2D eigenvalue weighted by molar-refractivity contribution is -0.153. The number of aliphatic hydroxyl groups is 1. The molecule has 2 aliphatic carbocycles. The fraction of sp³-hybridized carbons (Fsp3) is 0.550. The number of rotatable bonds is 2. The van der Waals surface area contributed by atoms with Crippen molar-refractivity contribution in [3.63, 3.8) is 0 Å². The minimum atomic E-state index is -1.66. The predicted molar refractivity (Wildman–Crippen MR) is 92.9 cm³/mol. The number of carbonyl (C=O) groups is 3. The molecule has 3 rings (SSSR count). The summed E-state index contributed by atoms with van der Waals surface area (Å²) in [6.45, 7) is 8.50. The first-order chi connectivity index (χ1) is 12.1. The van der Waals surface area contributed by atoms with Gasteiger partial charge in [0.25, 0.3) is 0 Å². The summed E-state index contributed by atoms with van der Waals surface area (Å²) >= 11 is 0. The van der Waals surface area contributed by atoms with Crippen LogP contribution in [0.2, 0.25) is 0 Å². The highest BCUT2D eigenvalue weighted by Gasteiger charge is 2.62. The molecule has 6 nitrogen and oxygen atoms in total. The maximum atomic E-state index is 12.5. The van der Waals surface area contributed by atoms with Gasteiger partial charge in [-0.15, -0.1) is 0 Å². The van der Waals surface area contributed by atoms with Gasteiger partial charge in [0.2, 0.25) is 0 Å². The summed E-state index contributed by atoms with van der Waals surface area (Å²) in [5, 5.41) is 11.4. The summed E-state index contributed by atoms with van der Waals surface area (Å²) in [6, 6.07) is 0. The second-order valence-electron chi connectivity index (χ2n) is 7.46. The molecule has 0 spiro atoms. The van der Waals surface area contributed by atoms with Crippen molar-refractivity contribution in [1.82, 2.24) is 0 Å². The van der Waals surface area contributed by atoms with Gasteiger partial charge in [-0.1, -0.05) is 18.6 Å². The van der Waals surface area contributed by atoms with Crippen LogP contribution in [0, 0.1) is 11.8 Å². The van der Waals surface area contributed by atoms with E-state index in [0.29, 0.717) is 16.7 Å². The van der Waals surface area contributed by atoms with Crippen LogP contribution in [0.3, 0.4) is 0 Å². The number of allylic oxidation sites excluding steroid dienone is 2. The largest absolute Gasteiger partial charge is 0.458 e. The number of fused-ring (bicyclic) bond motifs is 3. The van der Waals surface area contributed by atoms with Gasteiger partial charge in [-0.05, 0) is 39.3 Å². The van der Waals surface area contributed by atoms with E-state index in [9.17, 15) is 19.5 Å². The Morgan fingerprint density at radius 3 is 2.65 bits per heavy atom. The van der Waals surface area contributed by atoms with E-state index in [2.05, 4.69) is 0 Å². The molecular weight excluding hydrogens is 336 g/mol. The lowest BCUT2D eigenvalue weighted by atomic mass is 9.76. The Balaban J connectivity index is 2.10. The molecule has 140 valence electrons. The Hall–Kier alpha value is -2.21. The highest BCUT2D eigenvalue weighted by atomic mass is 16.6. The van der Waals surface area contributed by atoms with Gasteiger partial charge in [-0.25, -0.2) is 4.79 Å². The minimum Gasteiger partial charge on any atom is -0.458 e. The molecule has 1 fully saturated rings. The minimum absolute atomic E-state index is 0.244. The standard InChI is InChI=1S/C20H24O6/c1-6-9(2)18(22)25-14-7-10(3)16-13(21)8-11(4)20(16,24)17-15(14)12(5)19(23)26-17/h6,8,12,14-15,17,24H,7H2,1-5H3. The monoisotopic (exact) mass is 360 g/mol. The van der Waals surface area contributed by atoms with Gasteiger partial charge >= 0.3 is 11.9 Å². The molecule has 26 heavy (non-hydrogen) atoms. The second-order valence-corrected chi connectivity index (χ2v) is 7.46. The van der Waals surface area contributed by atoms with E-state index in [1.165, 1.54) is 6.08 Å². The average molecular weight is 360 g/mol. The second kappa shape index (κ2) is 6.20. The zero-order valence-electron chi connectivity index (χ0n) is 15.7. The fourth-order valence-electron chi connectivity index (χ4n) is 4.29. The lowest BCUT2D eigenvalue weighted by Gasteiger charge is -2.35. The molecule has 5 unspecified atom stereocenters. The van der Waals surface area contributed by atoms with E-state index in [1.54, 1.807) is 40.7 Å². The van der Waals surface area contributed by atoms with Gasteiger partial charge in [0.1, 0.15) is 12.2 Å². The Morgan fingerprint density at radius 1 is 1.38 bits per heavy atom. The van der Waals surface area contributed by atoms with Crippen LogP contribution in [0.5, 0.6) is 0 Å². The molecule has 1 aliphatic heterocycles. The molecule has 0 amide bonds. The molecule has 0 saturated carbocycles. The molecule has 6 heteroatoms. The van der Waals surface area contributed by atoms with E-state index in [-0.39, 0.29) is 17.8 Å². The van der Waals surface area contributed by atoms with Crippen molar-refractivity contribution in [3.05, 3.63) is 34.4 Å². The summed E-state index contributed by atoms with van der Waals surface area (Å²) in [7, 11) is 0. The highest BCUT2D eigenvalue weighted by molar-refractivity contribution is 6.11. The molecule has 1 saturated heterocycles. The zero-order valence-corrected chi connectivity index (χ0v) is 15.7. The maximum Gasteiger partial charge on any atom is 0.333 e. The Morgan fingerprint density at radius 2 is 2.04 bits per heavy atom. The molecule has 1 N–H and O–H groups in total. The Bertz CT molecular complexity index is 786. The number of hydrogen-bond acceptors (Lipinski definition) is 6. The van der Waals surface area contributed by atoms with Crippen LogP contribution in [0.1, 0.15) is 41.0 Å². The maximum absolute atomic E-state index is 12.5. The fourth-order valence-corrected chi connectivity index (χ4v) is 4.29. The van der Waals surface area contributed by atoms with Gasteiger partial charge in [0.15, 0.2) is 11.4 Å². The molecule has 1 heterocycles. The van der Waals surface area contributed by atoms with Crippen LogP contribution in [-0.4, -0.2) is 40.6 Å². The Kier molecular flexibility index (Phi) is 4.43. The lowest BCUT2D eigenvalue weighted by Crippen LogP contribution is -2.49. The zero-order chi connectivity index (χ0) is 19.4. The van der Waals surface area contributed by atoms with Gasteiger partial charge in [0, 0.05) is 17.6 Å². The first kappa shape index (κ1) is 18.6. The van der Waals surface area contributed by atoms with Crippen molar-refractivity contribution in [1.29, 1.82) is 0 Å². The number of carbonyl (C=O) groups excluding carboxylic acids is 3. The Labute approximate surface area is 152 Å². The molecule has 0 aromatic heterocycles. The summed E-state index contributed by atoms with van der Waals surface area (Å²) < 4.78 is 11.2. The third-order valence-corrected chi connectivity index (χ3v) is 5.91.